The largest absolute Gasteiger partial charge is 0.497 e. The Morgan fingerprint density at radius 1 is 0.636 bits per heavy atom. The lowest BCUT2D eigenvalue weighted by atomic mass is 9.53. The smallest absolute Gasteiger partial charge is 0.175 e. The fourth-order valence-corrected chi connectivity index (χ4v) is 6.36. The summed E-state index contributed by atoms with van der Waals surface area (Å²) >= 11 is 0. The molecule has 3 aliphatic rings. The van der Waals surface area contributed by atoms with Crippen LogP contribution >= 0.6 is 0 Å². The third kappa shape index (κ3) is 2.16. The van der Waals surface area contributed by atoms with Crippen LogP contribution in [-0.2, 0) is 5.41 Å². The van der Waals surface area contributed by atoms with Gasteiger partial charge in [0.05, 0.1) is 41.0 Å². The van der Waals surface area contributed by atoms with Crippen molar-refractivity contribution in [3.8, 4) is 28.7 Å². The molecule has 0 amide bonds. The van der Waals surface area contributed by atoms with Crippen LogP contribution in [0.5, 0.6) is 28.7 Å². The van der Waals surface area contributed by atoms with Gasteiger partial charge in [-0.05, 0) is 47.0 Å². The molecule has 3 aromatic carbocycles. The molecule has 0 saturated carbocycles. The van der Waals surface area contributed by atoms with Crippen LogP contribution in [0.3, 0.4) is 0 Å². The van der Waals surface area contributed by atoms with Crippen LogP contribution in [0.1, 0.15) is 50.0 Å². The van der Waals surface area contributed by atoms with Crippen LogP contribution in [0.4, 0.5) is 0 Å². The van der Waals surface area contributed by atoms with E-state index in [1.807, 2.05) is 42.5 Å². The van der Waals surface area contributed by atoms with Gasteiger partial charge in [0.2, 0.25) is 0 Å². The summed E-state index contributed by atoms with van der Waals surface area (Å²) < 4.78 is 28.3. The van der Waals surface area contributed by atoms with Crippen molar-refractivity contribution in [2.24, 2.45) is 0 Å². The number of rotatable bonds is 5. The van der Waals surface area contributed by atoms with E-state index in [1.54, 1.807) is 35.5 Å². The van der Waals surface area contributed by atoms with Crippen LogP contribution in [0.25, 0.3) is 0 Å². The highest BCUT2D eigenvalue weighted by atomic mass is 16.5. The number of hydrogen-bond acceptors (Lipinski definition) is 6. The number of benzene rings is 3. The molecular weight excluding hydrogens is 420 g/mol. The number of methoxy groups -OCH3 is 5. The van der Waals surface area contributed by atoms with Gasteiger partial charge in [-0.15, -0.1) is 0 Å². The van der Waals surface area contributed by atoms with E-state index in [9.17, 15) is 4.79 Å². The molecule has 0 fully saturated rings. The molecule has 0 radical (unpaired) electrons. The minimum Gasteiger partial charge on any atom is -0.497 e. The van der Waals surface area contributed by atoms with E-state index in [2.05, 4.69) is 0 Å². The van der Waals surface area contributed by atoms with E-state index < -0.39 is 5.41 Å². The van der Waals surface area contributed by atoms with Crippen molar-refractivity contribution in [1.29, 1.82) is 0 Å². The Kier molecular flexibility index (Phi) is 4.04. The summed E-state index contributed by atoms with van der Waals surface area (Å²) in [5, 5.41) is 0. The number of fused-ring (bicyclic) bond motifs is 7. The highest BCUT2D eigenvalue weighted by molar-refractivity contribution is 6.15. The molecule has 0 saturated heterocycles. The second kappa shape index (κ2) is 6.67. The quantitative estimate of drug-likeness (QED) is 0.579. The fourth-order valence-electron chi connectivity index (χ4n) is 6.36. The van der Waals surface area contributed by atoms with Crippen molar-refractivity contribution >= 4 is 5.78 Å². The van der Waals surface area contributed by atoms with Gasteiger partial charge >= 0.3 is 0 Å². The van der Waals surface area contributed by atoms with Gasteiger partial charge in [-0.1, -0.05) is 0 Å². The molecule has 3 aromatic rings. The first-order chi connectivity index (χ1) is 16.0. The van der Waals surface area contributed by atoms with Gasteiger partial charge < -0.3 is 23.7 Å². The Hall–Kier alpha value is -3.67. The molecule has 3 aliphatic carbocycles. The van der Waals surface area contributed by atoms with E-state index in [1.165, 1.54) is 0 Å². The summed E-state index contributed by atoms with van der Waals surface area (Å²) in [6, 6.07) is 13.5. The summed E-state index contributed by atoms with van der Waals surface area (Å²) in [7, 11) is 8.20. The van der Waals surface area contributed by atoms with Crippen molar-refractivity contribution in [3.05, 3.63) is 75.8 Å². The standard InChI is InChI=1S/C27H24O6/c1-29-13-6-7-16-17(8-13)24-22-18(9-14(30-2)11-20(22)32-4)25-23-19(27(24,25)26(16)28)10-15(31-3)12-21(23)33-5/h6-12,24-25H,1-5H3. The molecule has 0 heterocycles. The van der Waals surface area contributed by atoms with Crippen LogP contribution in [-0.4, -0.2) is 41.3 Å². The van der Waals surface area contributed by atoms with Gasteiger partial charge in [0.1, 0.15) is 28.7 Å². The molecule has 6 heteroatoms. The zero-order valence-electron chi connectivity index (χ0n) is 19.1. The molecule has 0 bridgehead atoms. The first kappa shape index (κ1) is 20.0. The van der Waals surface area contributed by atoms with Crippen LogP contribution in [0.2, 0.25) is 0 Å². The van der Waals surface area contributed by atoms with Gasteiger partial charge in [-0.2, -0.15) is 0 Å². The van der Waals surface area contributed by atoms with Gasteiger partial charge in [0, 0.05) is 40.7 Å². The molecule has 1 spiro atoms. The van der Waals surface area contributed by atoms with E-state index in [0.29, 0.717) is 17.2 Å². The van der Waals surface area contributed by atoms with Crippen molar-refractivity contribution in [2.45, 2.75) is 17.3 Å². The van der Waals surface area contributed by atoms with Crippen LogP contribution in [0, 0.1) is 0 Å². The SMILES string of the molecule is COc1ccc2c(c1)C1c3c(OC)cc(OC)cc3C3c4c(OC)cc(OC)cc4C13C2=O. The van der Waals surface area contributed by atoms with Gasteiger partial charge in [0.25, 0.3) is 0 Å². The fraction of sp³-hybridized carbons (Fsp3) is 0.296. The Bertz CT molecular complexity index is 1340. The molecule has 0 aromatic heterocycles. The summed E-state index contributed by atoms with van der Waals surface area (Å²) in [5.74, 6) is 3.23. The monoisotopic (exact) mass is 444 g/mol. The number of carbonyl (C=O) groups is 1. The molecule has 0 N–H and O–H groups in total. The summed E-state index contributed by atoms with van der Waals surface area (Å²) in [6.07, 6.45) is 0. The van der Waals surface area contributed by atoms with Gasteiger partial charge in [0.15, 0.2) is 5.78 Å². The van der Waals surface area contributed by atoms with Gasteiger partial charge in [-0.25, -0.2) is 0 Å². The third-order valence-corrected chi connectivity index (χ3v) is 7.61. The van der Waals surface area contributed by atoms with E-state index in [-0.39, 0.29) is 17.6 Å². The second-order valence-electron chi connectivity index (χ2n) is 8.64. The Morgan fingerprint density at radius 2 is 1.21 bits per heavy atom. The zero-order chi connectivity index (χ0) is 23.1. The second-order valence-corrected chi connectivity index (χ2v) is 8.64. The topological polar surface area (TPSA) is 63.2 Å². The Labute approximate surface area is 192 Å². The maximum atomic E-state index is 14.3. The van der Waals surface area contributed by atoms with Crippen LogP contribution in [0.15, 0.2) is 42.5 Å². The lowest BCUT2D eigenvalue weighted by Gasteiger charge is -2.47. The predicted octanol–water partition coefficient (Wildman–Crippen LogP) is 4.45. The van der Waals surface area contributed by atoms with E-state index >= 15 is 0 Å². The predicted molar refractivity (Wildman–Crippen MR) is 122 cm³/mol. The minimum absolute atomic E-state index is 0.107. The first-order valence-corrected chi connectivity index (χ1v) is 10.8. The number of Topliss-reactive ketones (excluding diaryl/α,β-unsaturated/α-hetero) is 1. The molecule has 3 atom stereocenters. The highest BCUT2D eigenvalue weighted by Crippen LogP contribution is 2.75. The summed E-state index contributed by atoms with van der Waals surface area (Å²) in [5.41, 5.74) is 4.92. The number of carbonyl (C=O) groups excluding carboxylic acids is 1. The number of ketones is 1. The van der Waals surface area contributed by atoms with Crippen molar-refractivity contribution < 1.29 is 28.5 Å². The molecule has 0 aliphatic heterocycles. The number of ether oxygens (including phenoxy) is 5. The van der Waals surface area contributed by atoms with Crippen molar-refractivity contribution in [3.63, 3.8) is 0 Å². The highest BCUT2D eigenvalue weighted by Gasteiger charge is 2.72. The van der Waals surface area contributed by atoms with Crippen molar-refractivity contribution in [2.75, 3.05) is 35.5 Å². The van der Waals surface area contributed by atoms with Crippen LogP contribution < -0.4 is 23.7 Å². The maximum Gasteiger partial charge on any atom is 0.175 e. The number of hydrogen-bond donors (Lipinski definition) is 0. The molecular formula is C27H24O6. The Balaban J connectivity index is 1.74. The molecule has 168 valence electrons. The summed E-state index contributed by atoms with van der Waals surface area (Å²) in [4.78, 5) is 14.3. The lowest BCUT2D eigenvalue weighted by Crippen LogP contribution is -2.48. The molecule has 3 unspecified atom stereocenters. The average Bonchev–Trinajstić information content (AvgIpc) is 3.27. The summed E-state index contributed by atoms with van der Waals surface area (Å²) in [6.45, 7) is 0. The molecule has 33 heavy (non-hydrogen) atoms. The molecule has 6 rings (SSSR count). The maximum absolute atomic E-state index is 14.3. The molecule has 6 nitrogen and oxygen atoms in total. The van der Waals surface area contributed by atoms with Gasteiger partial charge in [-0.3, -0.25) is 4.79 Å². The lowest BCUT2D eigenvalue weighted by molar-refractivity contribution is 0.0858. The first-order valence-electron chi connectivity index (χ1n) is 10.8. The van der Waals surface area contributed by atoms with E-state index in [0.717, 1.165) is 44.9 Å². The zero-order valence-corrected chi connectivity index (χ0v) is 19.1. The normalized spacial score (nSPS) is 22.9. The Morgan fingerprint density at radius 3 is 1.85 bits per heavy atom. The average molecular weight is 444 g/mol. The third-order valence-electron chi connectivity index (χ3n) is 7.61. The van der Waals surface area contributed by atoms with Crippen molar-refractivity contribution in [1.82, 2.24) is 0 Å². The van der Waals surface area contributed by atoms with E-state index in [4.69, 9.17) is 23.7 Å². The minimum atomic E-state index is -0.784.